The van der Waals surface area contributed by atoms with Gasteiger partial charge in [-0.1, -0.05) is 19.9 Å². The lowest BCUT2D eigenvalue weighted by Crippen LogP contribution is -2.38. The van der Waals surface area contributed by atoms with E-state index in [2.05, 4.69) is 34.5 Å². The smallest absolute Gasteiger partial charge is 0.190 e. The van der Waals surface area contributed by atoms with Crippen LogP contribution >= 0.6 is 24.0 Å². The second-order valence-corrected chi connectivity index (χ2v) is 5.03. The standard InChI is InChI=1S/C15H26N4.HI/c1-13(2)7-6-11-18-15(16-3)19-12-9-14-8-4-5-10-17-14;/h4-5,8,10,13H,6-7,9,11-12H2,1-3H3,(H2,16,18,19);1H. The third-order valence-electron chi connectivity index (χ3n) is 2.87. The molecule has 0 unspecified atom stereocenters. The SMILES string of the molecule is CN=C(NCCCC(C)C)NCCc1ccccn1.I. The molecule has 0 aliphatic rings. The summed E-state index contributed by atoms with van der Waals surface area (Å²) >= 11 is 0. The van der Waals surface area contributed by atoms with Gasteiger partial charge in [-0.15, -0.1) is 24.0 Å². The molecule has 20 heavy (non-hydrogen) atoms. The van der Waals surface area contributed by atoms with E-state index in [0.29, 0.717) is 0 Å². The van der Waals surface area contributed by atoms with Crippen molar-refractivity contribution in [3.05, 3.63) is 30.1 Å². The summed E-state index contributed by atoms with van der Waals surface area (Å²) in [6.45, 7) is 6.32. The molecule has 0 aromatic carbocycles. The van der Waals surface area contributed by atoms with Crippen molar-refractivity contribution in [3.63, 3.8) is 0 Å². The van der Waals surface area contributed by atoms with Crippen LogP contribution in [0.1, 0.15) is 32.4 Å². The molecule has 2 N–H and O–H groups in total. The van der Waals surface area contributed by atoms with E-state index in [-0.39, 0.29) is 24.0 Å². The number of aromatic nitrogens is 1. The first kappa shape index (κ1) is 19.1. The molecular formula is C15H27IN4. The predicted octanol–water partition coefficient (Wildman–Crippen LogP) is 2.84. The monoisotopic (exact) mass is 390 g/mol. The van der Waals surface area contributed by atoms with Gasteiger partial charge in [-0.3, -0.25) is 9.98 Å². The van der Waals surface area contributed by atoms with Crippen molar-refractivity contribution < 1.29 is 0 Å². The van der Waals surface area contributed by atoms with Gasteiger partial charge in [-0.05, 0) is 30.9 Å². The number of nitrogens with one attached hydrogen (secondary N) is 2. The van der Waals surface area contributed by atoms with Crippen molar-refractivity contribution in [3.8, 4) is 0 Å². The largest absolute Gasteiger partial charge is 0.356 e. The molecule has 1 rings (SSSR count). The van der Waals surface area contributed by atoms with Crippen LogP contribution in [0.2, 0.25) is 0 Å². The molecule has 0 fully saturated rings. The maximum atomic E-state index is 4.30. The molecular weight excluding hydrogens is 363 g/mol. The van der Waals surface area contributed by atoms with Crippen LogP contribution in [0.4, 0.5) is 0 Å². The lowest BCUT2D eigenvalue weighted by Gasteiger charge is -2.12. The molecule has 0 aliphatic carbocycles. The summed E-state index contributed by atoms with van der Waals surface area (Å²) in [5.74, 6) is 1.64. The zero-order chi connectivity index (χ0) is 13.9. The molecule has 0 atom stereocenters. The highest BCUT2D eigenvalue weighted by Gasteiger charge is 1.99. The number of rotatable bonds is 7. The maximum Gasteiger partial charge on any atom is 0.190 e. The molecule has 114 valence electrons. The second kappa shape index (κ2) is 11.9. The Morgan fingerprint density at radius 2 is 2.00 bits per heavy atom. The Hall–Kier alpha value is -0.850. The van der Waals surface area contributed by atoms with E-state index in [9.17, 15) is 0 Å². The Morgan fingerprint density at radius 1 is 1.25 bits per heavy atom. The van der Waals surface area contributed by atoms with Crippen LogP contribution in [0.3, 0.4) is 0 Å². The first-order valence-electron chi connectivity index (χ1n) is 7.06. The van der Waals surface area contributed by atoms with Crippen LogP contribution in [0.5, 0.6) is 0 Å². The predicted molar refractivity (Wildman–Crippen MR) is 96.8 cm³/mol. The molecule has 0 aliphatic heterocycles. The van der Waals surface area contributed by atoms with Gasteiger partial charge in [0.1, 0.15) is 0 Å². The molecule has 4 nitrogen and oxygen atoms in total. The fourth-order valence-corrected chi connectivity index (χ4v) is 1.79. The van der Waals surface area contributed by atoms with Gasteiger partial charge in [0, 0.05) is 38.4 Å². The van der Waals surface area contributed by atoms with Gasteiger partial charge in [-0.2, -0.15) is 0 Å². The summed E-state index contributed by atoms with van der Waals surface area (Å²) in [7, 11) is 1.80. The van der Waals surface area contributed by atoms with Gasteiger partial charge in [0.2, 0.25) is 0 Å². The van der Waals surface area contributed by atoms with Crippen molar-refractivity contribution in [1.82, 2.24) is 15.6 Å². The number of halogens is 1. The van der Waals surface area contributed by atoms with Gasteiger partial charge < -0.3 is 10.6 Å². The zero-order valence-corrected chi connectivity index (χ0v) is 15.1. The Morgan fingerprint density at radius 3 is 2.60 bits per heavy atom. The molecule has 1 heterocycles. The van der Waals surface area contributed by atoms with Crippen LogP contribution < -0.4 is 10.6 Å². The third-order valence-corrected chi connectivity index (χ3v) is 2.87. The molecule has 0 amide bonds. The van der Waals surface area contributed by atoms with Crippen molar-refractivity contribution in [2.75, 3.05) is 20.1 Å². The molecule has 1 aromatic heterocycles. The minimum atomic E-state index is 0. The lowest BCUT2D eigenvalue weighted by molar-refractivity contribution is 0.549. The van der Waals surface area contributed by atoms with Crippen LogP contribution in [0.25, 0.3) is 0 Å². The number of nitrogens with zero attached hydrogens (tertiary/aromatic N) is 2. The topological polar surface area (TPSA) is 49.3 Å². The van der Waals surface area contributed by atoms with Gasteiger partial charge in [0.15, 0.2) is 5.96 Å². The molecule has 0 saturated heterocycles. The summed E-state index contributed by atoms with van der Waals surface area (Å²) in [4.78, 5) is 8.51. The zero-order valence-electron chi connectivity index (χ0n) is 12.7. The number of pyridine rings is 1. The van der Waals surface area contributed by atoms with Gasteiger partial charge in [-0.25, -0.2) is 0 Å². The Kier molecular flexibility index (Phi) is 11.4. The minimum Gasteiger partial charge on any atom is -0.356 e. The summed E-state index contributed by atoms with van der Waals surface area (Å²) in [6.07, 6.45) is 5.17. The van der Waals surface area contributed by atoms with E-state index >= 15 is 0 Å². The fourth-order valence-electron chi connectivity index (χ4n) is 1.79. The molecule has 0 spiro atoms. The molecule has 0 saturated carbocycles. The minimum absolute atomic E-state index is 0. The van der Waals surface area contributed by atoms with Crippen LogP contribution in [0.15, 0.2) is 29.4 Å². The number of aliphatic imine (C=N–C) groups is 1. The van der Waals surface area contributed by atoms with Crippen LogP contribution in [-0.2, 0) is 6.42 Å². The van der Waals surface area contributed by atoms with Crippen molar-refractivity contribution in [1.29, 1.82) is 0 Å². The van der Waals surface area contributed by atoms with E-state index in [1.54, 1.807) is 7.05 Å². The van der Waals surface area contributed by atoms with E-state index in [4.69, 9.17) is 0 Å². The first-order chi connectivity index (χ1) is 9.22. The highest BCUT2D eigenvalue weighted by atomic mass is 127. The van der Waals surface area contributed by atoms with E-state index in [0.717, 1.165) is 37.1 Å². The maximum absolute atomic E-state index is 4.30. The van der Waals surface area contributed by atoms with Crippen molar-refractivity contribution in [2.45, 2.75) is 33.1 Å². The number of hydrogen-bond acceptors (Lipinski definition) is 2. The van der Waals surface area contributed by atoms with Gasteiger partial charge in [0.05, 0.1) is 0 Å². The highest BCUT2D eigenvalue weighted by molar-refractivity contribution is 14.0. The summed E-state index contributed by atoms with van der Waals surface area (Å²) in [5, 5.41) is 6.63. The second-order valence-electron chi connectivity index (χ2n) is 5.03. The van der Waals surface area contributed by atoms with E-state index < -0.39 is 0 Å². The quantitative estimate of drug-likeness (QED) is 0.326. The number of hydrogen-bond donors (Lipinski definition) is 2. The van der Waals surface area contributed by atoms with Crippen molar-refractivity contribution >= 4 is 29.9 Å². The van der Waals surface area contributed by atoms with Crippen LogP contribution in [-0.4, -0.2) is 31.1 Å². The van der Waals surface area contributed by atoms with Crippen LogP contribution in [0, 0.1) is 5.92 Å². The van der Waals surface area contributed by atoms with E-state index in [1.165, 1.54) is 12.8 Å². The summed E-state index contributed by atoms with van der Waals surface area (Å²) in [6, 6.07) is 5.99. The lowest BCUT2D eigenvalue weighted by atomic mass is 10.1. The molecule has 0 bridgehead atoms. The van der Waals surface area contributed by atoms with E-state index in [1.807, 2.05) is 24.4 Å². The number of guanidine groups is 1. The Bertz CT molecular complexity index is 365. The summed E-state index contributed by atoms with van der Waals surface area (Å²) in [5.41, 5.74) is 1.10. The normalized spacial score (nSPS) is 11.1. The highest BCUT2D eigenvalue weighted by Crippen LogP contribution is 2.01. The van der Waals surface area contributed by atoms with Gasteiger partial charge in [0.25, 0.3) is 0 Å². The Balaban J connectivity index is 0.00000361. The van der Waals surface area contributed by atoms with Crippen molar-refractivity contribution in [2.24, 2.45) is 10.9 Å². The Labute approximate surface area is 139 Å². The third kappa shape index (κ3) is 9.12. The first-order valence-corrected chi connectivity index (χ1v) is 7.06. The molecule has 1 aromatic rings. The summed E-state index contributed by atoms with van der Waals surface area (Å²) < 4.78 is 0. The average Bonchev–Trinajstić information content (AvgIpc) is 2.42. The van der Waals surface area contributed by atoms with Gasteiger partial charge >= 0.3 is 0 Å². The average molecular weight is 390 g/mol. The molecule has 5 heteroatoms. The fraction of sp³-hybridized carbons (Fsp3) is 0.600. The molecule has 0 radical (unpaired) electrons.